The highest BCUT2D eigenvalue weighted by atomic mass is 32.2. The number of thiazole rings is 1. The van der Waals surface area contributed by atoms with Crippen LogP contribution in [0, 0.1) is 12.8 Å². The molecule has 3 amide bonds. The molecular weight excluding hydrogens is 650 g/mol. The first-order chi connectivity index (χ1) is 22.4. The second-order valence-corrected chi connectivity index (χ2v) is 13.5. The first-order valence-corrected chi connectivity index (χ1v) is 16.8. The molecular formula is C34H31F3N4O4S2. The van der Waals surface area contributed by atoms with Crippen molar-refractivity contribution in [3.63, 3.8) is 0 Å². The predicted octanol–water partition coefficient (Wildman–Crippen LogP) is 6.52. The zero-order chi connectivity index (χ0) is 33.6. The standard InChI is InChI=1S/C34H31F3N4O4S2/c1-4-39(5-2)23-14-12-20(13-15-23)26-27-28(31(44)41(30(27)43)24-11-7-9-21(17-24)34(35,36)37)46-32-29(26)47-33(45)40(32)18-25(42)38-22-10-6-8-19(3)16-22/h6-17,26-28H,4-5,18H2,1-3H3,(H,38,42)/t26-,27-,28+/m0/s1. The van der Waals surface area contributed by atoms with Gasteiger partial charge in [0, 0.05) is 35.3 Å². The molecule has 3 atom stereocenters. The van der Waals surface area contributed by atoms with Gasteiger partial charge in [-0.1, -0.05) is 53.4 Å². The van der Waals surface area contributed by atoms with Gasteiger partial charge in [-0.3, -0.25) is 23.7 Å². The van der Waals surface area contributed by atoms with E-state index in [1.165, 1.54) is 16.7 Å². The summed E-state index contributed by atoms with van der Waals surface area (Å²) < 4.78 is 42.1. The van der Waals surface area contributed by atoms with Crippen LogP contribution in [0.1, 0.15) is 41.3 Å². The van der Waals surface area contributed by atoms with Gasteiger partial charge in [0.05, 0.1) is 22.2 Å². The Morgan fingerprint density at radius 3 is 2.30 bits per heavy atom. The topological polar surface area (TPSA) is 91.7 Å². The summed E-state index contributed by atoms with van der Waals surface area (Å²) in [5.41, 5.74) is 2.01. The number of aryl methyl sites for hydroxylation is 1. The molecule has 244 valence electrons. The van der Waals surface area contributed by atoms with Gasteiger partial charge >= 0.3 is 11.0 Å². The Hall–Kier alpha value is -4.36. The highest BCUT2D eigenvalue weighted by Crippen LogP contribution is 2.54. The Morgan fingerprint density at radius 2 is 1.64 bits per heavy atom. The first-order valence-electron chi connectivity index (χ1n) is 15.1. The monoisotopic (exact) mass is 680 g/mol. The number of halogens is 3. The van der Waals surface area contributed by atoms with Crippen LogP contribution in [-0.2, 0) is 27.1 Å². The molecule has 0 radical (unpaired) electrons. The number of hydrogen-bond donors (Lipinski definition) is 1. The average Bonchev–Trinajstić information content (AvgIpc) is 3.47. The number of rotatable bonds is 8. The van der Waals surface area contributed by atoms with Gasteiger partial charge in [0.25, 0.3) is 0 Å². The molecule has 3 aromatic carbocycles. The van der Waals surface area contributed by atoms with E-state index in [1.54, 1.807) is 18.2 Å². The Labute approximate surface area is 277 Å². The van der Waals surface area contributed by atoms with Crippen molar-refractivity contribution < 1.29 is 27.6 Å². The van der Waals surface area contributed by atoms with Crippen molar-refractivity contribution in [3.05, 3.63) is 104 Å². The van der Waals surface area contributed by atoms with E-state index in [1.807, 2.05) is 51.1 Å². The molecule has 47 heavy (non-hydrogen) atoms. The lowest BCUT2D eigenvalue weighted by atomic mass is 9.83. The van der Waals surface area contributed by atoms with Crippen molar-refractivity contribution in [2.24, 2.45) is 5.92 Å². The molecule has 0 bridgehead atoms. The maximum atomic E-state index is 14.1. The number of amides is 3. The SMILES string of the molecule is CCN(CC)c1ccc([C@@H]2c3sc(=O)n(CC(=O)Nc4cccc(C)c4)c3S[C@H]3C(=O)N(c4cccc(C(F)(F)F)c4)C(=O)[C@@H]23)cc1. The number of aromatic nitrogens is 1. The van der Waals surface area contributed by atoms with Crippen molar-refractivity contribution in [3.8, 4) is 0 Å². The Morgan fingerprint density at radius 1 is 0.936 bits per heavy atom. The maximum Gasteiger partial charge on any atom is 0.416 e. The molecule has 4 aromatic rings. The summed E-state index contributed by atoms with van der Waals surface area (Å²) in [5.74, 6) is -3.48. The van der Waals surface area contributed by atoms with Crippen LogP contribution in [0.15, 0.2) is 82.6 Å². The quantitative estimate of drug-likeness (QED) is 0.213. The van der Waals surface area contributed by atoms with Crippen LogP contribution in [0.2, 0.25) is 0 Å². The van der Waals surface area contributed by atoms with Crippen LogP contribution in [0.25, 0.3) is 0 Å². The van der Waals surface area contributed by atoms with Gasteiger partial charge < -0.3 is 10.2 Å². The van der Waals surface area contributed by atoms with Crippen molar-refractivity contribution in [1.82, 2.24) is 4.57 Å². The van der Waals surface area contributed by atoms with Crippen LogP contribution in [0.4, 0.5) is 30.2 Å². The number of thioether (sulfide) groups is 1. The zero-order valence-corrected chi connectivity index (χ0v) is 27.3. The second kappa shape index (κ2) is 12.7. The first kappa shape index (κ1) is 32.6. The number of imide groups is 1. The number of carbonyl (C=O) groups is 3. The molecule has 3 heterocycles. The van der Waals surface area contributed by atoms with Crippen LogP contribution in [0.3, 0.4) is 0 Å². The van der Waals surface area contributed by atoms with Gasteiger partial charge in [0.15, 0.2) is 0 Å². The van der Waals surface area contributed by atoms with Gasteiger partial charge in [-0.05, 0) is 74.4 Å². The number of benzene rings is 3. The number of hydrogen-bond acceptors (Lipinski definition) is 7. The largest absolute Gasteiger partial charge is 0.416 e. The minimum atomic E-state index is -4.67. The lowest BCUT2D eigenvalue weighted by Gasteiger charge is -2.31. The van der Waals surface area contributed by atoms with Gasteiger partial charge in [-0.25, -0.2) is 4.90 Å². The summed E-state index contributed by atoms with van der Waals surface area (Å²) >= 11 is 1.92. The summed E-state index contributed by atoms with van der Waals surface area (Å²) in [6.07, 6.45) is -4.67. The smallest absolute Gasteiger partial charge is 0.372 e. The third kappa shape index (κ3) is 6.09. The number of anilines is 3. The molecule has 1 aromatic heterocycles. The molecule has 1 fully saturated rings. The van der Waals surface area contributed by atoms with E-state index in [2.05, 4.69) is 10.2 Å². The maximum absolute atomic E-state index is 14.1. The fourth-order valence-corrected chi connectivity index (χ4v) is 9.01. The summed E-state index contributed by atoms with van der Waals surface area (Å²) in [6.45, 7) is 7.19. The minimum Gasteiger partial charge on any atom is -0.372 e. The summed E-state index contributed by atoms with van der Waals surface area (Å²) in [4.78, 5) is 57.8. The lowest BCUT2D eigenvalue weighted by Crippen LogP contribution is -2.33. The lowest BCUT2D eigenvalue weighted by molar-refractivity contribution is -0.137. The molecule has 1 saturated heterocycles. The molecule has 2 aliphatic rings. The van der Waals surface area contributed by atoms with Crippen LogP contribution >= 0.6 is 23.1 Å². The molecule has 2 aliphatic heterocycles. The Bertz CT molecular complexity index is 1920. The fraction of sp³-hybridized carbons (Fsp3) is 0.294. The van der Waals surface area contributed by atoms with Gasteiger partial charge in [-0.2, -0.15) is 13.2 Å². The number of nitrogens with one attached hydrogen (secondary N) is 1. The van der Waals surface area contributed by atoms with Crippen molar-refractivity contribution in [1.29, 1.82) is 0 Å². The fourth-order valence-electron chi connectivity index (χ4n) is 6.24. The molecule has 0 unspecified atom stereocenters. The van der Waals surface area contributed by atoms with E-state index < -0.39 is 51.4 Å². The number of alkyl halides is 3. The second-order valence-electron chi connectivity index (χ2n) is 11.4. The summed E-state index contributed by atoms with van der Waals surface area (Å²) in [5, 5.41) is 2.17. The third-order valence-electron chi connectivity index (χ3n) is 8.47. The van der Waals surface area contributed by atoms with Crippen LogP contribution in [0.5, 0.6) is 0 Å². The van der Waals surface area contributed by atoms with Gasteiger partial charge in [0.1, 0.15) is 11.8 Å². The van der Waals surface area contributed by atoms with E-state index in [0.717, 1.165) is 64.5 Å². The number of nitrogens with zero attached hydrogens (tertiary/aromatic N) is 3. The summed E-state index contributed by atoms with van der Waals surface area (Å²) in [6, 6.07) is 18.9. The van der Waals surface area contributed by atoms with Crippen LogP contribution in [-0.4, -0.2) is 40.6 Å². The molecule has 1 N–H and O–H groups in total. The zero-order valence-electron chi connectivity index (χ0n) is 25.7. The summed E-state index contributed by atoms with van der Waals surface area (Å²) in [7, 11) is 0. The van der Waals surface area contributed by atoms with E-state index in [-0.39, 0.29) is 12.2 Å². The highest BCUT2D eigenvalue weighted by Gasteiger charge is 2.57. The van der Waals surface area contributed by atoms with Crippen molar-refractivity contribution in [2.45, 2.75) is 49.7 Å². The van der Waals surface area contributed by atoms with Crippen molar-refractivity contribution in [2.75, 3.05) is 28.2 Å². The molecule has 8 nitrogen and oxygen atoms in total. The van der Waals surface area contributed by atoms with E-state index in [4.69, 9.17) is 0 Å². The van der Waals surface area contributed by atoms with E-state index in [9.17, 15) is 32.3 Å². The minimum absolute atomic E-state index is 0.168. The molecule has 0 aliphatic carbocycles. The van der Waals surface area contributed by atoms with Crippen molar-refractivity contribution >= 4 is 57.9 Å². The number of carbonyl (C=O) groups excluding carboxylic acids is 3. The molecule has 6 rings (SSSR count). The average molecular weight is 681 g/mol. The Balaban J connectivity index is 1.42. The van der Waals surface area contributed by atoms with E-state index >= 15 is 0 Å². The van der Waals surface area contributed by atoms with Gasteiger partial charge in [0.2, 0.25) is 17.7 Å². The Kier molecular flexibility index (Phi) is 8.79. The van der Waals surface area contributed by atoms with Crippen LogP contribution < -0.4 is 20.0 Å². The molecule has 13 heteroatoms. The predicted molar refractivity (Wildman–Crippen MR) is 177 cm³/mol. The van der Waals surface area contributed by atoms with E-state index in [0.29, 0.717) is 21.2 Å². The third-order valence-corrected chi connectivity index (χ3v) is 11.1. The highest BCUT2D eigenvalue weighted by molar-refractivity contribution is 8.00. The molecule has 0 saturated carbocycles. The van der Waals surface area contributed by atoms with Gasteiger partial charge in [-0.15, -0.1) is 0 Å². The normalized spacial score (nSPS) is 19.0. The molecule has 0 spiro atoms. The number of fused-ring (bicyclic) bond motifs is 2.